The Bertz CT molecular complexity index is 317. The van der Waals surface area contributed by atoms with Crippen molar-refractivity contribution in [2.75, 3.05) is 7.11 Å². The van der Waals surface area contributed by atoms with Crippen LogP contribution >= 0.6 is 35.6 Å². The van der Waals surface area contributed by atoms with Crippen molar-refractivity contribution in [3.63, 3.8) is 0 Å². The molecule has 0 aromatic carbocycles. The highest BCUT2D eigenvalue weighted by molar-refractivity contribution is 6.68. The predicted octanol–water partition coefficient (Wildman–Crippen LogP) is 2.54. The molecule has 1 rings (SSSR count). The van der Waals surface area contributed by atoms with Crippen molar-refractivity contribution >= 4 is 40.9 Å². The normalized spacial score (nSPS) is 8.85. The predicted molar refractivity (Wildman–Crippen MR) is 53.2 cm³/mol. The van der Waals surface area contributed by atoms with E-state index in [-0.39, 0.29) is 23.9 Å². The summed E-state index contributed by atoms with van der Waals surface area (Å²) in [7, 11) is 1.40. The van der Waals surface area contributed by atoms with Crippen molar-refractivity contribution in [2.45, 2.75) is 0 Å². The van der Waals surface area contributed by atoms with Gasteiger partial charge in [-0.25, -0.2) is 4.98 Å². The summed E-state index contributed by atoms with van der Waals surface area (Å²) in [6, 6.07) is 1.41. The second-order valence-electron chi connectivity index (χ2n) is 1.98. The molecule has 0 fully saturated rings. The maximum atomic E-state index is 10.8. The molecular formula is C7H6Cl3NO2. The van der Waals surface area contributed by atoms with Crippen molar-refractivity contribution in [2.24, 2.45) is 0 Å². The molecule has 1 aromatic rings. The van der Waals surface area contributed by atoms with Gasteiger partial charge in [0.2, 0.25) is 5.88 Å². The van der Waals surface area contributed by atoms with Crippen molar-refractivity contribution in [1.82, 2.24) is 4.98 Å². The monoisotopic (exact) mass is 241 g/mol. The molecule has 1 heterocycles. The molecule has 0 aliphatic rings. The second kappa shape index (κ2) is 5.27. The number of nitrogens with zero attached hydrogens (tertiary/aromatic N) is 1. The molecule has 0 radical (unpaired) electrons. The summed E-state index contributed by atoms with van der Waals surface area (Å²) in [5.74, 6) is 0.180. The third-order valence-corrected chi connectivity index (χ3v) is 1.63. The van der Waals surface area contributed by atoms with Crippen LogP contribution in [0.4, 0.5) is 0 Å². The van der Waals surface area contributed by atoms with Gasteiger partial charge in [-0.15, -0.1) is 12.4 Å². The summed E-state index contributed by atoms with van der Waals surface area (Å²) in [5.41, 5.74) is 0.173. The van der Waals surface area contributed by atoms with Crippen LogP contribution in [0.25, 0.3) is 0 Å². The molecule has 72 valence electrons. The van der Waals surface area contributed by atoms with Gasteiger partial charge < -0.3 is 4.74 Å². The average Bonchev–Trinajstić information content (AvgIpc) is 2.04. The van der Waals surface area contributed by atoms with Crippen LogP contribution < -0.4 is 4.74 Å². The molecule has 3 nitrogen and oxygen atoms in total. The van der Waals surface area contributed by atoms with Gasteiger partial charge in [0, 0.05) is 6.20 Å². The molecule has 0 atom stereocenters. The summed E-state index contributed by atoms with van der Waals surface area (Å²) in [4.78, 5) is 14.5. The lowest BCUT2D eigenvalue weighted by Crippen LogP contribution is -1.97. The Balaban J connectivity index is 0.00000144. The fourth-order valence-corrected chi connectivity index (χ4v) is 1.02. The molecule has 6 heteroatoms. The largest absolute Gasteiger partial charge is 0.480 e. The van der Waals surface area contributed by atoms with Crippen LogP contribution in [-0.2, 0) is 0 Å². The molecule has 0 unspecified atom stereocenters. The van der Waals surface area contributed by atoms with Crippen molar-refractivity contribution in [1.29, 1.82) is 0 Å². The number of carbonyl (C=O) groups is 1. The molecule has 0 saturated heterocycles. The number of rotatable bonds is 2. The first-order valence-electron chi connectivity index (χ1n) is 3.04. The highest BCUT2D eigenvalue weighted by Gasteiger charge is 2.11. The minimum Gasteiger partial charge on any atom is -0.480 e. The van der Waals surface area contributed by atoms with Crippen LogP contribution in [0.5, 0.6) is 5.88 Å². The lowest BCUT2D eigenvalue weighted by molar-refractivity contribution is 0.107. The van der Waals surface area contributed by atoms with Gasteiger partial charge in [-0.3, -0.25) is 4.79 Å². The van der Waals surface area contributed by atoms with E-state index in [1.165, 1.54) is 19.4 Å². The zero-order valence-corrected chi connectivity index (χ0v) is 8.91. The molecule has 13 heavy (non-hydrogen) atoms. The molecule has 0 spiro atoms. The van der Waals surface area contributed by atoms with Crippen LogP contribution in [-0.4, -0.2) is 17.3 Å². The molecule has 0 aliphatic heterocycles. The number of ether oxygens (including phenoxy) is 1. The van der Waals surface area contributed by atoms with Crippen LogP contribution in [0.15, 0.2) is 12.3 Å². The van der Waals surface area contributed by atoms with E-state index in [0.717, 1.165) is 0 Å². The van der Waals surface area contributed by atoms with E-state index in [2.05, 4.69) is 4.98 Å². The SMILES string of the molecule is COc1ncc(Cl)cc1C(=O)Cl.Cl. The number of hydrogen-bond acceptors (Lipinski definition) is 3. The van der Waals surface area contributed by atoms with Crippen molar-refractivity contribution < 1.29 is 9.53 Å². The Morgan fingerprint density at radius 3 is 2.69 bits per heavy atom. The highest BCUT2D eigenvalue weighted by Crippen LogP contribution is 2.20. The van der Waals surface area contributed by atoms with Crippen LogP contribution in [0.3, 0.4) is 0 Å². The topological polar surface area (TPSA) is 39.2 Å². The minimum absolute atomic E-state index is 0. The average molecular weight is 242 g/mol. The molecule has 0 N–H and O–H groups in total. The third kappa shape index (κ3) is 3.03. The summed E-state index contributed by atoms with van der Waals surface area (Å²) < 4.78 is 4.79. The third-order valence-electron chi connectivity index (χ3n) is 1.22. The molecule has 0 amide bonds. The first-order chi connectivity index (χ1) is 5.65. The van der Waals surface area contributed by atoms with E-state index in [9.17, 15) is 4.79 Å². The zero-order chi connectivity index (χ0) is 9.14. The van der Waals surface area contributed by atoms with E-state index in [0.29, 0.717) is 5.02 Å². The van der Waals surface area contributed by atoms with Gasteiger partial charge in [-0.1, -0.05) is 11.6 Å². The standard InChI is InChI=1S/C7H5Cl2NO2.ClH/c1-12-7-5(6(9)11)2-4(8)3-10-7;/h2-3H,1H3;1H. The van der Waals surface area contributed by atoms with Gasteiger partial charge in [-0.05, 0) is 17.7 Å². The number of aromatic nitrogens is 1. The summed E-state index contributed by atoms with van der Waals surface area (Å²) in [6.07, 6.45) is 1.38. The maximum absolute atomic E-state index is 10.8. The Labute approximate surface area is 91.4 Å². The Kier molecular flexibility index (Phi) is 5.06. The molecule has 0 saturated carbocycles. The fourth-order valence-electron chi connectivity index (χ4n) is 0.730. The Morgan fingerprint density at radius 1 is 1.62 bits per heavy atom. The zero-order valence-electron chi connectivity index (χ0n) is 6.58. The number of halogens is 3. The van der Waals surface area contributed by atoms with Crippen LogP contribution in [0, 0.1) is 0 Å². The summed E-state index contributed by atoms with van der Waals surface area (Å²) >= 11 is 10.8. The van der Waals surface area contributed by atoms with Gasteiger partial charge in [0.25, 0.3) is 5.24 Å². The van der Waals surface area contributed by atoms with Gasteiger partial charge in [0.05, 0.1) is 17.7 Å². The van der Waals surface area contributed by atoms with E-state index >= 15 is 0 Å². The van der Waals surface area contributed by atoms with Crippen molar-refractivity contribution in [3.8, 4) is 5.88 Å². The van der Waals surface area contributed by atoms with Gasteiger partial charge >= 0.3 is 0 Å². The molecule has 1 aromatic heterocycles. The first kappa shape index (κ1) is 12.5. The highest BCUT2D eigenvalue weighted by atomic mass is 35.5. The van der Waals surface area contributed by atoms with E-state index in [4.69, 9.17) is 27.9 Å². The van der Waals surface area contributed by atoms with Gasteiger partial charge in [0.15, 0.2) is 0 Å². The number of hydrogen-bond donors (Lipinski definition) is 0. The van der Waals surface area contributed by atoms with E-state index in [1.54, 1.807) is 0 Å². The summed E-state index contributed by atoms with van der Waals surface area (Å²) in [6.45, 7) is 0. The van der Waals surface area contributed by atoms with E-state index < -0.39 is 5.24 Å². The summed E-state index contributed by atoms with van der Waals surface area (Å²) in [5, 5.41) is -0.290. The lowest BCUT2D eigenvalue weighted by atomic mass is 10.3. The van der Waals surface area contributed by atoms with Crippen LogP contribution in [0.1, 0.15) is 10.4 Å². The lowest BCUT2D eigenvalue weighted by Gasteiger charge is -2.02. The molecule has 0 aliphatic carbocycles. The minimum atomic E-state index is -0.637. The Hall–Kier alpha value is -0.510. The van der Waals surface area contributed by atoms with E-state index in [1.807, 2.05) is 0 Å². The fraction of sp³-hybridized carbons (Fsp3) is 0.143. The smallest absolute Gasteiger partial charge is 0.257 e. The maximum Gasteiger partial charge on any atom is 0.257 e. The second-order valence-corrected chi connectivity index (χ2v) is 2.76. The number of methoxy groups -OCH3 is 1. The van der Waals surface area contributed by atoms with Gasteiger partial charge in [0.1, 0.15) is 0 Å². The number of pyridine rings is 1. The molecular weight excluding hydrogens is 236 g/mol. The Morgan fingerprint density at radius 2 is 2.23 bits per heavy atom. The number of carbonyl (C=O) groups excluding carboxylic acids is 1. The van der Waals surface area contributed by atoms with Crippen molar-refractivity contribution in [3.05, 3.63) is 22.8 Å². The molecule has 0 bridgehead atoms. The van der Waals surface area contributed by atoms with Gasteiger partial charge in [-0.2, -0.15) is 0 Å². The quantitative estimate of drug-likeness (QED) is 0.748. The van der Waals surface area contributed by atoms with Crippen LogP contribution in [0.2, 0.25) is 5.02 Å². The first-order valence-corrected chi connectivity index (χ1v) is 3.80.